The van der Waals surface area contributed by atoms with Crippen LogP contribution in [0.3, 0.4) is 0 Å². The van der Waals surface area contributed by atoms with Gasteiger partial charge in [0.1, 0.15) is 24.4 Å². The lowest BCUT2D eigenvalue weighted by atomic mass is 10.1. The third kappa shape index (κ3) is 3.21. The third-order valence-electron chi connectivity index (χ3n) is 4.88. The molecule has 0 unspecified atom stereocenters. The Balaban J connectivity index is 1.64. The molecule has 158 valence electrons. The maximum atomic E-state index is 12.0. The molecule has 0 aliphatic carbocycles. The molecule has 3 heterocycles. The zero-order chi connectivity index (χ0) is 21.5. The van der Waals surface area contributed by atoms with Crippen LogP contribution in [0, 0.1) is 0 Å². The average Bonchev–Trinajstić information content (AvgIpc) is 3.41. The molecule has 2 aromatic heterocycles. The van der Waals surface area contributed by atoms with E-state index in [0.717, 1.165) is 16.9 Å². The zero-order valence-electron chi connectivity index (χ0n) is 16.6. The molecule has 2 aromatic carbocycles. The van der Waals surface area contributed by atoms with Crippen molar-refractivity contribution in [2.75, 3.05) is 27.4 Å². The van der Waals surface area contributed by atoms with Crippen LogP contribution >= 0.6 is 11.3 Å². The van der Waals surface area contributed by atoms with Gasteiger partial charge in [0.25, 0.3) is 0 Å². The van der Waals surface area contributed by atoms with E-state index in [-0.39, 0.29) is 4.88 Å². The molecule has 9 nitrogen and oxygen atoms in total. The minimum atomic E-state index is -1.06. The summed E-state index contributed by atoms with van der Waals surface area (Å²) in [7, 11) is 3.11. The number of carboxylic acids is 1. The molecule has 5 rings (SSSR count). The van der Waals surface area contributed by atoms with Gasteiger partial charge in [0.15, 0.2) is 28.1 Å². The van der Waals surface area contributed by atoms with Crippen LogP contribution < -0.4 is 18.9 Å². The molecular formula is C21H17N3O6S. The van der Waals surface area contributed by atoms with E-state index >= 15 is 0 Å². The summed E-state index contributed by atoms with van der Waals surface area (Å²) in [5.41, 5.74) is 2.38. The summed E-state index contributed by atoms with van der Waals surface area (Å²) in [6.07, 6.45) is 1.60. The first-order valence-electron chi connectivity index (χ1n) is 9.32. The fourth-order valence-corrected chi connectivity index (χ4v) is 4.34. The van der Waals surface area contributed by atoms with Gasteiger partial charge in [-0.15, -0.1) is 0 Å². The van der Waals surface area contributed by atoms with Crippen LogP contribution in [-0.2, 0) is 0 Å². The predicted octanol–water partition coefficient (Wildman–Crippen LogP) is 3.64. The van der Waals surface area contributed by atoms with Gasteiger partial charge < -0.3 is 24.1 Å². The number of rotatable bonds is 5. The lowest BCUT2D eigenvalue weighted by Gasteiger charge is -2.18. The minimum absolute atomic E-state index is 0.119. The summed E-state index contributed by atoms with van der Waals surface area (Å²) >= 11 is 1.06. The van der Waals surface area contributed by atoms with Crippen molar-refractivity contribution >= 4 is 28.3 Å². The van der Waals surface area contributed by atoms with Gasteiger partial charge in [0.2, 0.25) is 0 Å². The molecule has 1 aliphatic heterocycles. The van der Waals surface area contributed by atoms with Crippen molar-refractivity contribution in [2.24, 2.45) is 0 Å². The summed E-state index contributed by atoms with van der Waals surface area (Å²) in [5.74, 6) is 1.24. The first kappa shape index (κ1) is 19.2. The number of fused-ring (bicyclic) bond motifs is 2. The van der Waals surface area contributed by atoms with Gasteiger partial charge in [-0.1, -0.05) is 11.3 Å². The van der Waals surface area contributed by atoms with Crippen molar-refractivity contribution in [3.63, 3.8) is 0 Å². The van der Waals surface area contributed by atoms with Crippen molar-refractivity contribution in [1.29, 1.82) is 0 Å². The number of thiazole rings is 1. The first-order valence-corrected chi connectivity index (χ1v) is 10.1. The molecule has 10 heteroatoms. The van der Waals surface area contributed by atoms with Crippen LogP contribution in [0.1, 0.15) is 9.67 Å². The number of methoxy groups -OCH3 is 2. The summed E-state index contributed by atoms with van der Waals surface area (Å²) in [6, 6.07) is 8.83. The smallest absolute Gasteiger partial charge is 0.348 e. The molecule has 0 spiro atoms. The Labute approximate surface area is 180 Å². The third-order valence-corrected chi connectivity index (χ3v) is 5.93. The molecule has 1 N–H and O–H groups in total. The van der Waals surface area contributed by atoms with Crippen molar-refractivity contribution in [3.05, 3.63) is 41.5 Å². The second-order valence-corrected chi connectivity index (χ2v) is 7.63. The van der Waals surface area contributed by atoms with Gasteiger partial charge in [-0.25, -0.2) is 14.8 Å². The monoisotopic (exact) mass is 439 g/mol. The summed E-state index contributed by atoms with van der Waals surface area (Å²) < 4.78 is 23.6. The van der Waals surface area contributed by atoms with E-state index in [1.54, 1.807) is 55.4 Å². The highest BCUT2D eigenvalue weighted by Crippen LogP contribution is 2.38. The Morgan fingerprint density at radius 1 is 1.10 bits per heavy atom. The Hall–Kier alpha value is -3.79. The molecule has 1 aliphatic rings. The van der Waals surface area contributed by atoms with Crippen molar-refractivity contribution in [1.82, 2.24) is 14.5 Å². The molecule has 0 saturated carbocycles. The van der Waals surface area contributed by atoms with Crippen LogP contribution in [0.2, 0.25) is 0 Å². The van der Waals surface area contributed by atoms with Crippen LogP contribution in [0.25, 0.3) is 27.4 Å². The topological polar surface area (TPSA) is 105 Å². The second kappa shape index (κ2) is 7.47. The number of aromatic carboxylic acids is 1. The Morgan fingerprint density at radius 2 is 1.84 bits per heavy atom. The van der Waals surface area contributed by atoms with Crippen LogP contribution in [0.15, 0.2) is 36.7 Å². The molecule has 0 bridgehead atoms. The van der Waals surface area contributed by atoms with Gasteiger partial charge in [0, 0.05) is 17.7 Å². The summed E-state index contributed by atoms with van der Waals surface area (Å²) in [6.45, 7) is 0.923. The molecule has 0 amide bonds. The number of hydrogen-bond acceptors (Lipinski definition) is 8. The normalized spacial score (nSPS) is 12.7. The fraction of sp³-hybridized carbons (Fsp3) is 0.190. The highest BCUT2D eigenvalue weighted by atomic mass is 32.1. The molecule has 0 saturated heterocycles. The minimum Gasteiger partial charge on any atom is -0.493 e. The van der Waals surface area contributed by atoms with E-state index in [0.29, 0.717) is 58.1 Å². The Morgan fingerprint density at radius 3 is 2.58 bits per heavy atom. The largest absolute Gasteiger partial charge is 0.493 e. The van der Waals surface area contributed by atoms with Gasteiger partial charge in [0.05, 0.1) is 30.9 Å². The standard InChI is InChI=1S/C21H17N3O6S/c1-27-15-8-12-13(9-16(15)28-2)24(10-22-12)21-23-18(19(31-21)20(25)26)11-3-4-14-17(7-11)30-6-5-29-14/h3-4,7-10H,5-6H2,1-2H3,(H,25,26). The summed E-state index contributed by atoms with van der Waals surface area (Å²) in [5, 5.41) is 10.3. The van der Waals surface area contributed by atoms with E-state index < -0.39 is 5.97 Å². The van der Waals surface area contributed by atoms with Gasteiger partial charge in [-0.05, 0) is 18.2 Å². The van der Waals surface area contributed by atoms with Crippen LogP contribution in [-0.4, -0.2) is 53.0 Å². The van der Waals surface area contributed by atoms with E-state index in [2.05, 4.69) is 9.97 Å². The summed E-state index contributed by atoms with van der Waals surface area (Å²) in [4.78, 5) is 21.1. The Bertz CT molecular complexity index is 1310. The van der Waals surface area contributed by atoms with Crippen molar-refractivity contribution in [3.8, 4) is 39.4 Å². The average molecular weight is 439 g/mol. The molecule has 0 fully saturated rings. The first-order chi connectivity index (χ1) is 15.1. The number of carbonyl (C=O) groups is 1. The number of benzene rings is 2. The molecule has 0 atom stereocenters. The number of carboxylic acid groups (broad SMARTS) is 1. The van der Waals surface area contributed by atoms with E-state index in [4.69, 9.17) is 18.9 Å². The van der Waals surface area contributed by atoms with E-state index in [1.165, 1.54) is 0 Å². The fourth-order valence-electron chi connectivity index (χ4n) is 3.43. The van der Waals surface area contributed by atoms with E-state index in [1.807, 2.05) is 0 Å². The number of nitrogens with zero attached hydrogens (tertiary/aromatic N) is 3. The number of imidazole rings is 1. The molecular weight excluding hydrogens is 422 g/mol. The molecule has 0 radical (unpaired) electrons. The van der Waals surface area contributed by atoms with Crippen molar-refractivity contribution in [2.45, 2.75) is 0 Å². The number of aromatic nitrogens is 3. The maximum absolute atomic E-state index is 12.0. The zero-order valence-corrected chi connectivity index (χ0v) is 17.4. The maximum Gasteiger partial charge on any atom is 0.348 e. The van der Waals surface area contributed by atoms with Crippen molar-refractivity contribution < 1.29 is 28.8 Å². The SMILES string of the molecule is COc1cc2ncn(-c3nc(-c4ccc5c(c4)OCCO5)c(C(=O)O)s3)c2cc1OC. The number of ether oxygens (including phenoxy) is 4. The van der Waals surface area contributed by atoms with Crippen LogP contribution in [0.5, 0.6) is 23.0 Å². The van der Waals surface area contributed by atoms with Crippen LogP contribution in [0.4, 0.5) is 0 Å². The van der Waals surface area contributed by atoms with Gasteiger partial charge in [-0.3, -0.25) is 4.57 Å². The van der Waals surface area contributed by atoms with Gasteiger partial charge in [-0.2, -0.15) is 0 Å². The predicted molar refractivity (Wildman–Crippen MR) is 113 cm³/mol. The Kier molecular flexibility index (Phi) is 4.63. The van der Waals surface area contributed by atoms with E-state index in [9.17, 15) is 9.90 Å². The number of hydrogen-bond donors (Lipinski definition) is 1. The molecule has 4 aromatic rings. The highest BCUT2D eigenvalue weighted by molar-refractivity contribution is 7.16. The highest BCUT2D eigenvalue weighted by Gasteiger charge is 2.23. The lowest BCUT2D eigenvalue weighted by Crippen LogP contribution is -2.15. The quantitative estimate of drug-likeness (QED) is 0.503. The lowest BCUT2D eigenvalue weighted by molar-refractivity contribution is 0.0702. The second-order valence-electron chi connectivity index (χ2n) is 6.65. The van der Waals surface area contributed by atoms with Gasteiger partial charge >= 0.3 is 5.97 Å². The molecule has 31 heavy (non-hydrogen) atoms.